The highest BCUT2D eigenvalue weighted by molar-refractivity contribution is 5.82. The van der Waals surface area contributed by atoms with Gasteiger partial charge in [0.15, 0.2) is 0 Å². The molecule has 1 aromatic heterocycles. The maximum Gasteiger partial charge on any atom is 0.306 e. The standard InChI is InChI=1S/C16H20N2O2/c17-9-4-3-5-13(16(19)20)11-12-8-10-18-15-7-2-1-6-14(12)15/h1-2,6-8,10,13H,3-5,9,11,17H2,(H,19,20). The molecule has 1 atom stereocenters. The molecule has 0 amide bonds. The van der Waals surface area contributed by atoms with Crippen molar-refractivity contribution in [3.05, 3.63) is 42.1 Å². The van der Waals surface area contributed by atoms with E-state index in [1.54, 1.807) is 6.20 Å². The van der Waals surface area contributed by atoms with Gasteiger partial charge in [-0.2, -0.15) is 0 Å². The van der Waals surface area contributed by atoms with Gasteiger partial charge < -0.3 is 10.8 Å². The van der Waals surface area contributed by atoms with E-state index < -0.39 is 5.97 Å². The maximum absolute atomic E-state index is 11.4. The summed E-state index contributed by atoms with van der Waals surface area (Å²) in [7, 11) is 0. The van der Waals surface area contributed by atoms with Crippen LogP contribution >= 0.6 is 0 Å². The van der Waals surface area contributed by atoms with Crippen LogP contribution in [0.5, 0.6) is 0 Å². The second-order valence-electron chi connectivity index (χ2n) is 5.01. The molecule has 0 radical (unpaired) electrons. The number of pyridine rings is 1. The van der Waals surface area contributed by atoms with Crippen LogP contribution < -0.4 is 5.73 Å². The minimum absolute atomic E-state index is 0.354. The lowest BCUT2D eigenvalue weighted by atomic mass is 9.92. The first kappa shape index (κ1) is 14.5. The fraction of sp³-hybridized carbons (Fsp3) is 0.375. The molecule has 0 saturated carbocycles. The van der Waals surface area contributed by atoms with Crippen LogP contribution in [0.2, 0.25) is 0 Å². The molecule has 2 rings (SSSR count). The summed E-state index contributed by atoms with van der Waals surface area (Å²) in [5.41, 5.74) is 7.43. The molecule has 4 heteroatoms. The number of carboxylic acid groups (broad SMARTS) is 1. The van der Waals surface area contributed by atoms with Crippen LogP contribution in [0.1, 0.15) is 24.8 Å². The van der Waals surface area contributed by atoms with Crippen molar-refractivity contribution in [2.45, 2.75) is 25.7 Å². The van der Waals surface area contributed by atoms with Gasteiger partial charge in [0.25, 0.3) is 0 Å². The van der Waals surface area contributed by atoms with Crippen LogP contribution in [0.25, 0.3) is 10.9 Å². The number of hydrogen-bond acceptors (Lipinski definition) is 3. The largest absolute Gasteiger partial charge is 0.481 e. The van der Waals surface area contributed by atoms with Gasteiger partial charge in [-0.15, -0.1) is 0 Å². The summed E-state index contributed by atoms with van der Waals surface area (Å²) in [5.74, 6) is -1.09. The smallest absolute Gasteiger partial charge is 0.306 e. The number of carboxylic acids is 1. The van der Waals surface area contributed by atoms with Gasteiger partial charge in [0, 0.05) is 11.6 Å². The van der Waals surface area contributed by atoms with Gasteiger partial charge >= 0.3 is 5.97 Å². The highest BCUT2D eigenvalue weighted by atomic mass is 16.4. The summed E-state index contributed by atoms with van der Waals surface area (Å²) in [4.78, 5) is 15.7. The van der Waals surface area contributed by atoms with E-state index in [4.69, 9.17) is 5.73 Å². The Morgan fingerprint density at radius 3 is 2.80 bits per heavy atom. The summed E-state index contributed by atoms with van der Waals surface area (Å²) < 4.78 is 0. The number of unbranched alkanes of at least 4 members (excludes halogenated alkanes) is 1. The van der Waals surface area contributed by atoms with E-state index in [9.17, 15) is 9.90 Å². The minimum Gasteiger partial charge on any atom is -0.481 e. The van der Waals surface area contributed by atoms with Crippen molar-refractivity contribution in [1.29, 1.82) is 0 Å². The van der Waals surface area contributed by atoms with Crippen LogP contribution in [0, 0.1) is 5.92 Å². The number of para-hydroxylation sites is 1. The molecule has 20 heavy (non-hydrogen) atoms. The Morgan fingerprint density at radius 2 is 2.05 bits per heavy atom. The predicted molar refractivity (Wildman–Crippen MR) is 79.5 cm³/mol. The second-order valence-corrected chi connectivity index (χ2v) is 5.01. The number of aliphatic carboxylic acids is 1. The first-order valence-electron chi connectivity index (χ1n) is 6.98. The van der Waals surface area contributed by atoms with Gasteiger partial charge in [-0.1, -0.05) is 24.6 Å². The molecule has 0 spiro atoms. The number of nitrogens with two attached hydrogens (primary N) is 1. The summed E-state index contributed by atoms with van der Waals surface area (Å²) in [6.07, 6.45) is 4.69. The predicted octanol–water partition coefficient (Wildman–Crippen LogP) is 2.61. The van der Waals surface area contributed by atoms with Gasteiger partial charge in [0.1, 0.15) is 0 Å². The molecule has 0 aliphatic carbocycles. The normalized spacial score (nSPS) is 12.4. The molecule has 1 heterocycles. The van der Waals surface area contributed by atoms with Crippen LogP contribution in [-0.4, -0.2) is 22.6 Å². The van der Waals surface area contributed by atoms with Crippen LogP contribution in [0.3, 0.4) is 0 Å². The highest BCUT2D eigenvalue weighted by Crippen LogP contribution is 2.22. The average molecular weight is 272 g/mol. The van der Waals surface area contributed by atoms with Crippen LogP contribution in [-0.2, 0) is 11.2 Å². The zero-order valence-corrected chi connectivity index (χ0v) is 11.5. The quantitative estimate of drug-likeness (QED) is 0.760. The number of benzene rings is 1. The Hall–Kier alpha value is -1.94. The fourth-order valence-corrected chi connectivity index (χ4v) is 2.45. The van der Waals surface area contributed by atoms with E-state index in [-0.39, 0.29) is 5.92 Å². The molecule has 0 bridgehead atoms. The summed E-state index contributed by atoms with van der Waals surface area (Å²) in [5, 5.41) is 10.4. The molecule has 1 unspecified atom stereocenters. The fourth-order valence-electron chi connectivity index (χ4n) is 2.45. The number of rotatable bonds is 7. The SMILES string of the molecule is NCCCCC(Cc1ccnc2ccccc12)C(=O)O. The highest BCUT2D eigenvalue weighted by Gasteiger charge is 2.18. The number of hydrogen-bond donors (Lipinski definition) is 2. The van der Waals surface area contributed by atoms with Gasteiger partial charge in [-0.25, -0.2) is 0 Å². The lowest BCUT2D eigenvalue weighted by molar-refractivity contribution is -0.141. The monoisotopic (exact) mass is 272 g/mol. The number of carbonyl (C=O) groups is 1. The lowest BCUT2D eigenvalue weighted by Crippen LogP contribution is -2.17. The van der Waals surface area contributed by atoms with E-state index in [2.05, 4.69) is 4.98 Å². The molecule has 0 aliphatic heterocycles. The Bertz CT molecular complexity index is 578. The molecule has 106 valence electrons. The molecular formula is C16H20N2O2. The first-order valence-corrected chi connectivity index (χ1v) is 6.98. The third-order valence-electron chi connectivity index (χ3n) is 3.56. The Morgan fingerprint density at radius 1 is 1.25 bits per heavy atom. The number of aromatic nitrogens is 1. The van der Waals surface area contributed by atoms with Gasteiger partial charge in [-0.05, 0) is 43.5 Å². The van der Waals surface area contributed by atoms with E-state index in [1.807, 2.05) is 30.3 Å². The maximum atomic E-state index is 11.4. The van der Waals surface area contributed by atoms with Crippen molar-refractivity contribution >= 4 is 16.9 Å². The molecule has 2 aromatic rings. The Labute approximate surface area is 118 Å². The molecule has 0 fully saturated rings. The summed E-state index contributed by atoms with van der Waals surface area (Å²) in [6.45, 7) is 0.616. The second kappa shape index (κ2) is 7.01. The topological polar surface area (TPSA) is 76.2 Å². The van der Waals surface area contributed by atoms with Crippen molar-refractivity contribution < 1.29 is 9.90 Å². The van der Waals surface area contributed by atoms with Crippen molar-refractivity contribution in [3.8, 4) is 0 Å². The lowest BCUT2D eigenvalue weighted by Gasteiger charge is -2.13. The third-order valence-corrected chi connectivity index (χ3v) is 3.56. The zero-order chi connectivity index (χ0) is 14.4. The van der Waals surface area contributed by atoms with E-state index in [0.717, 1.165) is 29.3 Å². The van der Waals surface area contributed by atoms with Gasteiger partial charge in [0.2, 0.25) is 0 Å². The molecule has 3 N–H and O–H groups in total. The van der Waals surface area contributed by atoms with Crippen molar-refractivity contribution in [2.24, 2.45) is 11.7 Å². The van der Waals surface area contributed by atoms with Crippen LogP contribution in [0.15, 0.2) is 36.5 Å². The first-order chi connectivity index (χ1) is 9.72. The third kappa shape index (κ3) is 3.54. The summed E-state index contributed by atoms with van der Waals surface area (Å²) in [6, 6.07) is 9.76. The van der Waals surface area contributed by atoms with E-state index in [0.29, 0.717) is 19.4 Å². The van der Waals surface area contributed by atoms with E-state index in [1.165, 1.54) is 0 Å². The van der Waals surface area contributed by atoms with Gasteiger partial charge in [-0.3, -0.25) is 9.78 Å². The molecule has 0 saturated heterocycles. The van der Waals surface area contributed by atoms with Gasteiger partial charge in [0.05, 0.1) is 11.4 Å². The molecule has 0 aliphatic rings. The van der Waals surface area contributed by atoms with E-state index >= 15 is 0 Å². The number of fused-ring (bicyclic) bond motifs is 1. The van der Waals surface area contributed by atoms with Crippen molar-refractivity contribution in [1.82, 2.24) is 4.98 Å². The molecule has 4 nitrogen and oxygen atoms in total. The molecular weight excluding hydrogens is 252 g/mol. The van der Waals surface area contributed by atoms with Crippen molar-refractivity contribution in [2.75, 3.05) is 6.54 Å². The average Bonchev–Trinajstić information content (AvgIpc) is 2.46. The van der Waals surface area contributed by atoms with Crippen LogP contribution in [0.4, 0.5) is 0 Å². The molecule has 1 aromatic carbocycles. The summed E-state index contributed by atoms with van der Waals surface area (Å²) >= 11 is 0. The zero-order valence-electron chi connectivity index (χ0n) is 11.5. The van der Waals surface area contributed by atoms with Crippen molar-refractivity contribution in [3.63, 3.8) is 0 Å². The Kier molecular flexibility index (Phi) is 5.07. The Balaban J connectivity index is 2.18. The minimum atomic E-state index is -0.733. The number of nitrogens with zero attached hydrogens (tertiary/aromatic N) is 1.